The van der Waals surface area contributed by atoms with Crippen LogP contribution in [0.4, 0.5) is 0 Å². The maximum Gasteiger partial charge on any atom is 0.247 e. The molecule has 20 heavy (non-hydrogen) atoms. The molecule has 0 aliphatic carbocycles. The second-order valence-corrected chi connectivity index (χ2v) is 5.96. The molecular weight excluding hydrogens is 258 g/mol. The van der Waals surface area contributed by atoms with Crippen LogP contribution in [0.1, 0.15) is 40.5 Å². The molecule has 1 aliphatic rings. The first kappa shape index (κ1) is 16.6. The van der Waals surface area contributed by atoms with E-state index in [1.54, 1.807) is 20.9 Å². The Kier molecular flexibility index (Phi) is 5.28. The van der Waals surface area contributed by atoms with Crippen molar-refractivity contribution in [2.75, 3.05) is 13.6 Å². The minimum atomic E-state index is -0.623. The predicted octanol–water partition coefficient (Wildman–Crippen LogP) is 0.274. The summed E-state index contributed by atoms with van der Waals surface area (Å²) in [5.41, 5.74) is -0.623. The molecule has 1 fully saturated rings. The largest absolute Gasteiger partial charge is 0.359 e. The van der Waals surface area contributed by atoms with Crippen molar-refractivity contribution in [1.29, 1.82) is 0 Å². The molecule has 2 unspecified atom stereocenters. The van der Waals surface area contributed by atoms with Crippen LogP contribution in [0.15, 0.2) is 0 Å². The summed E-state index contributed by atoms with van der Waals surface area (Å²) in [5.74, 6) is -0.419. The fraction of sp³-hybridized carbons (Fsp3) is 0.786. The van der Waals surface area contributed by atoms with Gasteiger partial charge in [-0.15, -0.1) is 0 Å². The molecule has 1 aliphatic heterocycles. The third-order valence-electron chi connectivity index (χ3n) is 3.85. The molecule has 1 rings (SSSR count). The van der Waals surface area contributed by atoms with E-state index in [-0.39, 0.29) is 30.2 Å². The molecule has 2 N–H and O–H groups in total. The van der Waals surface area contributed by atoms with Crippen molar-refractivity contribution < 1.29 is 14.4 Å². The maximum absolute atomic E-state index is 12.2. The van der Waals surface area contributed by atoms with Gasteiger partial charge in [-0.05, 0) is 27.2 Å². The molecule has 1 heterocycles. The summed E-state index contributed by atoms with van der Waals surface area (Å²) in [6, 6.07) is -0.589. The zero-order chi connectivity index (χ0) is 15.5. The van der Waals surface area contributed by atoms with Crippen molar-refractivity contribution in [3.63, 3.8) is 0 Å². The Morgan fingerprint density at radius 3 is 2.55 bits per heavy atom. The third-order valence-corrected chi connectivity index (χ3v) is 3.85. The van der Waals surface area contributed by atoms with Gasteiger partial charge in [0.25, 0.3) is 0 Å². The number of likely N-dealkylation sites (tertiary alicyclic amines) is 1. The lowest BCUT2D eigenvalue weighted by molar-refractivity contribution is -0.141. The van der Waals surface area contributed by atoms with Gasteiger partial charge in [-0.3, -0.25) is 19.3 Å². The summed E-state index contributed by atoms with van der Waals surface area (Å²) in [4.78, 5) is 37.1. The van der Waals surface area contributed by atoms with Gasteiger partial charge in [-0.25, -0.2) is 0 Å². The molecule has 1 saturated heterocycles. The van der Waals surface area contributed by atoms with E-state index in [2.05, 4.69) is 10.6 Å². The fourth-order valence-electron chi connectivity index (χ4n) is 2.25. The predicted molar refractivity (Wildman–Crippen MR) is 75.9 cm³/mol. The van der Waals surface area contributed by atoms with Gasteiger partial charge >= 0.3 is 0 Å². The number of carbonyl (C=O) groups is 3. The average Bonchev–Trinajstić information content (AvgIpc) is 2.69. The van der Waals surface area contributed by atoms with Crippen LogP contribution in [-0.4, -0.2) is 48.3 Å². The highest BCUT2D eigenvalue weighted by atomic mass is 16.2. The third kappa shape index (κ3) is 3.36. The molecule has 0 spiro atoms. The second kappa shape index (κ2) is 6.35. The van der Waals surface area contributed by atoms with Gasteiger partial charge in [-0.1, -0.05) is 6.92 Å². The smallest absolute Gasteiger partial charge is 0.247 e. The van der Waals surface area contributed by atoms with Crippen molar-refractivity contribution in [2.24, 2.45) is 5.41 Å². The number of rotatable bonds is 6. The maximum atomic E-state index is 12.2. The van der Waals surface area contributed by atoms with E-state index >= 15 is 0 Å². The van der Waals surface area contributed by atoms with E-state index in [1.165, 1.54) is 4.90 Å². The number of carbonyl (C=O) groups excluding carboxylic acids is 3. The lowest BCUT2D eigenvalue weighted by Gasteiger charge is -2.25. The standard InChI is InChI=1S/C14H25N3O3/c1-6-9(2)17-11(18)7-10(12(17)19)16-8-14(3,4)13(20)15-5/h9-10,16H,6-8H2,1-5H3,(H,15,20). The van der Waals surface area contributed by atoms with E-state index in [0.29, 0.717) is 6.54 Å². The summed E-state index contributed by atoms with van der Waals surface area (Å²) in [5, 5.41) is 5.65. The van der Waals surface area contributed by atoms with Gasteiger partial charge < -0.3 is 10.6 Å². The first-order valence-electron chi connectivity index (χ1n) is 7.06. The van der Waals surface area contributed by atoms with E-state index in [9.17, 15) is 14.4 Å². The molecule has 0 aromatic heterocycles. The van der Waals surface area contributed by atoms with Crippen molar-refractivity contribution in [3.05, 3.63) is 0 Å². The highest BCUT2D eigenvalue weighted by Gasteiger charge is 2.41. The van der Waals surface area contributed by atoms with Crippen LogP contribution in [0.25, 0.3) is 0 Å². The molecule has 2 atom stereocenters. The Balaban J connectivity index is 2.65. The Labute approximate surface area is 120 Å². The average molecular weight is 283 g/mol. The number of nitrogens with one attached hydrogen (secondary N) is 2. The summed E-state index contributed by atoms with van der Waals surface area (Å²) in [7, 11) is 1.58. The minimum Gasteiger partial charge on any atom is -0.359 e. The zero-order valence-electron chi connectivity index (χ0n) is 12.9. The molecular formula is C14H25N3O3. The molecule has 0 bridgehead atoms. The monoisotopic (exact) mass is 283 g/mol. The molecule has 6 nitrogen and oxygen atoms in total. The van der Waals surface area contributed by atoms with Gasteiger partial charge in [-0.2, -0.15) is 0 Å². The molecule has 0 radical (unpaired) electrons. The van der Waals surface area contributed by atoms with Crippen LogP contribution in [0.5, 0.6) is 0 Å². The van der Waals surface area contributed by atoms with Gasteiger partial charge in [0, 0.05) is 19.6 Å². The van der Waals surface area contributed by atoms with E-state index in [1.807, 2.05) is 13.8 Å². The molecule has 0 aromatic carbocycles. The van der Waals surface area contributed by atoms with Crippen LogP contribution in [0.3, 0.4) is 0 Å². The lowest BCUT2D eigenvalue weighted by Crippen LogP contribution is -2.48. The first-order valence-corrected chi connectivity index (χ1v) is 7.06. The van der Waals surface area contributed by atoms with Crippen LogP contribution in [0.2, 0.25) is 0 Å². The molecule has 3 amide bonds. The number of imide groups is 1. The molecule has 114 valence electrons. The summed E-state index contributed by atoms with van der Waals surface area (Å²) in [6.07, 6.45) is 0.918. The van der Waals surface area contributed by atoms with Crippen molar-refractivity contribution >= 4 is 17.7 Å². The van der Waals surface area contributed by atoms with Crippen molar-refractivity contribution in [2.45, 2.75) is 52.6 Å². The Morgan fingerprint density at radius 1 is 1.45 bits per heavy atom. The quantitative estimate of drug-likeness (QED) is 0.686. The molecule has 0 aromatic rings. The SMILES string of the molecule is CCC(C)N1C(=O)CC(NCC(C)(C)C(=O)NC)C1=O. The fourth-order valence-corrected chi connectivity index (χ4v) is 2.25. The van der Waals surface area contributed by atoms with Gasteiger partial charge in [0.1, 0.15) is 0 Å². The Hall–Kier alpha value is -1.43. The normalized spacial score (nSPS) is 21.2. The van der Waals surface area contributed by atoms with E-state index in [4.69, 9.17) is 0 Å². The number of hydrogen-bond donors (Lipinski definition) is 2. The number of amides is 3. The summed E-state index contributed by atoms with van der Waals surface area (Å²) >= 11 is 0. The van der Waals surface area contributed by atoms with Crippen molar-refractivity contribution in [1.82, 2.24) is 15.5 Å². The summed E-state index contributed by atoms with van der Waals surface area (Å²) < 4.78 is 0. The number of nitrogens with zero attached hydrogens (tertiary/aromatic N) is 1. The highest BCUT2D eigenvalue weighted by Crippen LogP contribution is 2.20. The Morgan fingerprint density at radius 2 is 2.05 bits per heavy atom. The molecule has 6 heteroatoms. The van der Waals surface area contributed by atoms with Crippen LogP contribution in [-0.2, 0) is 14.4 Å². The Bertz CT molecular complexity index is 406. The van der Waals surface area contributed by atoms with Crippen LogP contribution >= 0.6 is 0 Å². The van der Waals surface area contributed by atoms with Crippen LogP contribution < -0.4 is 10.6 Å². The molecule has 0 saturated carbocycles. The van der Waals surface area contributed by atoms with Crippen LogP contribution in [0, 0.1) is 5.41 Å². The van der Waals surface area contributed by atoms with E-state index in [0.717, 1.165) is 6.42 Å². The topological polar surface area (TPSA) is 78.5 Å². The van der Waals surface area contributed by atoms with Crippen molar-refractivity contribution in [3.8, 4) is 0 Å². The first-order chi connectivity index (χ1) is 9.24. The zero-order valence-corrected chi connectivity index (χ0v) is 12.9. The summed E-state index contributed by atoms with van der Waals surface area (Å²) in [6.45, 7) is 7.76. The van der Waals surface area contributed by atoms with Gasteiger partial charge in [0.05, 0.1) is 17.9 Å². The minimum absolute atomic E-state index is 0.0752. The highest BCUT2D eigenvalue weighted by molar-refractivity contribution is 6.05. The second-order valence-electron chi connectivity index (χ2n) is 5.96. The van der Waals surface area contributed by atoms with E-state index < -0.39 is 11.5 Å². The van der Waals surface area contributed by atoms with Gasteiger partial charge in [0.15, 0.2) is 0 Å². The lowest BCUT2D eigenvalue weighted by atomic mass is 9.92. The number of hydrogen-bond acceptors (Lipinski definition) is 4. The van der Waals surface area contributed by atoms with Gasteiger partial charge in [0.2, 0.25) is 17.7 Å².